The van der Waals surface area contributed by atoms with Crippen LogP contribution < -0.4 is 10.6 Å². The van der Waals surface area contributed by atoms with E-state index < -0.39 is 0 Å². The molecule has 0 aliphatic carbocycles. The zero-order valence-electron chi connectivity index (χ0n) is 16.2. The Morgan fingerprint density at radius 3 is 2.35 bits per heavy atom. The van der Waals surface area contributed by atoms with Crippen LogP contribution in [0.5, 0.6) is 0 Å². The lowest BCUT2D eigenvalue weighted by Crippen LogP contribution is -2.37. The van der Waals surface area contributed by atoms with Crippen molar-refractivity contribution in [3.63, 3.8) is 0 Å². The molecule has 0 heterocycles. The summed E-state index contributed by atoms with van der Waals surface area (Å²) in [5, 5.41) is 6.24. The normalized spacial score (nSPS) is 12.6. The molecule has 0 aliphatic heterocycles. The minimum absolute atomic E-state index is 0.0207. The summed E-state index contributed by atoms with van der Waals surface area (Å²) in [6, 6.07) is 18.0. The molecule has 1 atom stereocenters. The smallest absolute Gasteiger partial charge is 0.241 e. The fourth-order valence-corrected chi connectivity index (χ4v) is 4.00. The maximum absolute atomic E-state index is 12.4. The van der Waals surface area contributed by atoms with Crippen LogP contribution in [0, 0.1) is 0 Å². The van der Waals surface area contributed by atoms with E-state index in [9.17, 15) is 4.79 Å². The predicted octanol–water partition coefficient (Wildman–Crippen LogP) is 5.47. The van der Waals surface area contributed by atoms with Gasteiger partial charge in [-0.15, -0.1) is 11.8 Å². The van der Waals surface area contributed by atoms with Crippen LogP contribution in [-0.4, -0.2) is 16.7 Å². The Labute approximate surface area is 162 Å². The maximum atomic E-state index is 12.4. The first-order valence-electron chi connectivity index (χ1n) is 9.27. The molecule has 2 rings (SSSR count). The van der Waals surface area contributed by atoms with Gasteiger partial charge in [0.1, 0.15) is 0 Å². The largest absolute Gasteiger partial charge is 0.325 e. The number of amides is 1. The van der Waals surface area contributed by atoms with Crippen LogP contribution in [0.25, 0.3) is 0 Å². The summed E-state index contributed by atoms with van der Waals surface area (Å²) < 4.78 is 0.232. The molecule has 1 unspecified atom stereocenters. The molecule has 26 heavy (non-hydrogen) atoms. The number of carbonyl (C=O) groups is 1. The van der Waals surface area contributed by atoms with Gasteiger partial charge >= 0.3 is 0 Å². The minimum Gasteiger partial charge on any atom is -0.325 e. The standard InChI is InChI=1S/C22H30N2OS/c1-5-15-22(3,4)26-20-13-11-19(12-14-20)24-21(25)17(2)23-16-18-9-7-6-8-10-18/h6-14,17,23H,5,15-16H2,1-4H3,(H,24,25). The third kappa shape index (κ3) is 6.85. The van der Waals surface area contributed by atoms with E-state index in [1.54, 1.807) is 0 Å². The highest BCUT2D eigenvalue weighted by Gasteiger charge is 2.18. The van der Waals surface area contributed by atoms with Gasteiger partial charge in [0, 0.05) is 21.9 Å². The fourth-order valence-electron chi connectivity index (χ4n) is 2.79. The molecule has 0 saturated heterocycles. The second-order valence-electron chi connectivity index (χ2n) is 7.21. The lowest BCUT2D eigenvalue weighted by molar-refractivity contribution is -0.117. The van der Waals surface area contributed by atoms with Crippen molar-refractivity contribution in [2.24, 2.45) is 0 Å². The summed E-state index contributed by atoms with van der Waals surface area (Å²) in [5.41, 5.74) is 2.00. The van der Waals surface area contributed by atoms with Crippen LogP contribution in [0.4, 0.5) is 5.69 Å². The molecule has 0 spiro atoms. The molecule has 0 aromatic heterocycles. The summed E-state index contributed by atoms with van der Waals surface area (Å²) in [7, 11) is 0. The molecular formula is C22H30N2OS. The number of thioether (sulfide) groups is 1. The van der Waals surface area contributed by atoms with Crippen molar-refractivity contribution in [2.45, 2.75) is 62.8 Å². The van der Waals surface area contributed by atoms with E-state index in [-0.39, 0.29) is 16.7 Å². The summed E-state index contributed by atoms with van der Waals surface area (Å²) in [6.07, 6.45) is 2.36. The van der Waals surface area contributed by atoms with Crippen molar-refractivity contribution in [3.05, 3.63) is 60.2 Å². The molecular weight excluding hydrogens is 340 g/mol. The number of benzene rings is 2. The summed E-state index contributed by atoms with van der Waals surface area (Å²) in [6.45, 7) is 9.33. The topological polar surface area (TPSA) is 41.1 Å². The van der Waals surface area contributed by atoms with E-state index in [2.05, 4.69) is 43.5 Å². The van der Waals surface area contributed by atoms with E-state index in [1.165, 1.54) is 23.3 Å². The lowest BCUT2D eigenvalue weighted by Gasteiger charge is -2.23. The lowest BCUT2D eigenvalue weighted by atomic mass is 10.1. The first-order valence-corrected chi connectivity index (χ1v) is 10.1. The SMILES string of the molecule is CCCC(C)(C)Sc1ccc(NC(=O)C(C)NCc2ccccc2)cc1. The highest BCUT2D eigenvalue weighted by atomic mass is 32.2. The Kier molecular flexibility index (Phi) is 7.73. The monoisotopic (exact) mass is 370 g/mol. The van der Waals surface area contributed by atoms with Crippen molar-refractivity contribution in [2.75, 3.05) is 5.32 Å². The van der Waals surface area contributed by atoms with Crippen LogP contribution in [0.1, 0.15) is 46.1 Å². The molecule has 0 radical (unpaired) electrons. The number of nitrogens with one attached hydrogen (secondary N) is 2. The fraction of sp³-hybridized carbons (Fsp3) is 0.409. The van der Waals surface area contributed by atoms with Gasteiger partial charge in [0.05, 0.1) is 6.04 Å². The van der Waals surface area contributed by atoms with Crippen LogP contribution in [-0.2, 0) is 11.3 Å². The third-order valence-corrected chi connectivity index (χ3v) is 5.48. The highest BCUT2D eigenvalue weighted by Crippen LogP contribution is 2.36. The highest BCUT2D eigenvalue weighted by molar-refractivity contribution is 8.00. The summed E-state index contributed by atoms with van der Waals surface area (Å²) >= 11 is 1.89. The first kappa shape index (κ1) is 20.5. The molecule has 2 aromatic rings. The quantitative estimate of drug-likeness (QED) is 0.575. The summed E-state index contributed by atoms with van der Waals surface area (Å²) in [5.74, 6) is -0.0207. The van der Waals surface area contributed by atoms with Gasteiger partial charge in [0.2, 0.25) is 5.91 Å². The van der Waals surface area contributed by atoms with Gasteiger partial charge in [-0.1, -0.05) is 57.5 Å². The number of carbonyl (C=O) groups excluding carboxylic acids is 1. The summed E-state index contributed by atoms with van der Waals surface area (Å²) in [4.78, 5) is 13.6. The zero-order chi connectivity index (χ0) is 19.0. The van der Waals surface area contributed by atoms with E-state index in [0.29, 0.717) is 6.54 Å². The number of anilines is 1. The molecule has 2 aromatic carbocycles. The van der Waals surface area contributed by atoms with Crippen LogP contribution in [0.3, 0.4) is 0 Å². The molecule has 0 aliphatic rings. The van der Waals surface area contributed by atoms with Crippen LogP contribution >= 0.6 is 11.8 Å². The van der Waals surface area contributed by atoms with E-state index in [0.717, 1.165) is 5.69 Å². The second-order valence-corrected chi connectivity index (χ2v) is 8.99. The van der Waals surface area contributed by atoms with Gasteiger partial charge in [-0.2, -0.15) is 0 Å². The van der Waals surface area contributed by atoms with Gasteiger partial charge in [-0.05, 0) is 43.2 Å². The van der Waals surface area contributed by atoms with Crippen LogP contribution in [0.15, 0.2) is 59.5 Å². The molecule has 0 bridgehead atoms. The molecule has 0 fully saturated rings. The van der Waals surface area contributed by atoms with E-state index >= 15 is 0 Å². The zero-order valence-corrected chi connectivity index (χ0v) is 17.0. The number of hydrogen-bond acceptors (Lipinski definition) is 3. The third-order valence-electron chi connectivity index (χ3n) is 4.22. The first-order chi connectivity index (χ1) is 12.4. The minimum atomic E-state index is -0.257. The molecule has 0 saturated carbocycles. The Hall–Kier alpha value is -1.78. The Balaban J connectivity index is 1.84. The van der Waals surface area contributed by atoms with Gasteiger partial charge in [0.15, 0.2) is 0 Å². The Morgan fingerprint density at radius 2 is 1.73 bits per heavy atom. The van der Waals surface area contributed by atoms with Crippen LogP contribution in [0.2, 0.25) is 0 Å². The van der Waals surface area contributed by atoms with Crippen molar-refractivity contribution >= 4 is 23.4 Å². The maximum Gasteiger partial charge on any atom is 0.241 e. The second kappa shape index (κ2) is 9.79. The number of rotatable bonds is 9. The van der Waals surface area contributed by atoms with Crippen molar-refractivity contribution in [1.29, 1.82) is 0 Å². The molecule has 140 valence electrons. The predicted molar refractivity (Wildman–Crippen MR) is 113 cm³/mol. The van der Waals surface area contributed by atoms with Gasteiger partial charge in [0.25, 0.3) is 0 Å². The van der Waals surface area contributed by atoms with Gasteiger partial charge < -0.3 is 10.6 Å². The van der Waals surface area contributed by atoms with E-state index in [1.807, 2.05) is 61.2 Å². The van der Waals surface area contributed by atoms with Gasteiger partial charge in [-0.25, -0.2) is 0 Å². The molecule has 3 nitrogen and oxygen atoms in total. The van der Waals surface area contributed by atoms with Crippen molar-refractivity contribution < 1.29 is 4.79 Å². The molecule has 1 amide bonds. The molecule has 2 N–H and O–H groups in total. The molecule has 4 heteroatoms. The Bertz CT molecular complexity index is 683. The number of hydrogen-bond donors (Lipinski definition) is 2. The van der Waals surface area contributed by atoms with E-state index in [4.69, 9.17) is 0 Å². The average Bonchev–Trinajstić information content (AvgIpc) is 2.61. The van der Waals surface area contributed by atoms with Crippen molar-refractivity contribution in [1.82, 2.24) is 5.32 Å². The van der Waals surface area contributed by atoms with Crippen molar-refractivity contribution in [3.8, 4) is 0 Å². The van der Waals surface area contributed by atoms with Gasteiger partial charge in [-0.3, -0.25) is 4.79 Å². The Morgan fingerprint density at radius 1 is 1.08 bits per heavy atom. The average molecular weight is 371 g/mol.